The molecular formula is C21H25N3O2. The zero-order valence-electron chi connectivity index (χ0n) is 15.7. The lowest BCUT2D eigenvalue weighted by Gasteiger charge is -2.12. The average Bonchev–Trinajstić information content (AvgIpc) is 3.11. The van der Waals surface area contributed by atoms with E-state index in [0.29, 0.717) is 22.9 Å². The molecule has 0 saturated heterocycles. The van der Waals surface area contributed by atoms with Crippen LogP contribution in [0.4, 0.5) is 0 Å². The van der Waals surface area contributed by atoms with Crippen molar-refractivity contribution in [3.63, 3.8) is 0 Å². The number of aromatic nitrogens is 3. The minimum Gasteiger partial charge on any atom is -0.481 e. The number of ether oxygens (including phenoxy) is 1. The highest BCUT2D eigenvalue weighted by atomic mass is 16.5. The minimum absolute atomic E-state index is 0.0982. The van der Waals surface area contributed by atoms with Crippen LogP contribution in [0.5, 0.6) is 5.88 Å². The number of imidazole rings is 1. The molecule has 2 heterocycles. The predicted molar refractivity (Wildman–Crippen MR) is 102 cm³/mol. The van der Waals surface area contributed by atoms with Crippen molar-refractivity contribution in [1.82, 2.24) is 14.4 Å². The summed E-state index contributed by atoms with van der Waals surface area (Å²) in [6.45, 7) is 4.24. The quantitative estimate of drug-likeness (QED) is 0.446. The third kappa shape index (κ3) is 3.62. The van der Waals surface area contributed by atoms with Gasteiger partial charge in [0.1, 0.15) is 5.69 Å². The fourth-order valence-electron chi connectivity index (χ4n) is 3.19. The van der Waals surface area contributed by atoms with Crippen LogP contribution < -0.4 is 4.74 Å². The largest absolute Gasteiger partial charge is 0.481 e. The number of hydrogen-bond acceptors (Lipinski definition) is 4. The number of fused-ring (bicyclic) bond motifs is 1. The average molecular weight is 351 g/mol. The van der Waals surface area contributed by atoms with Crippen molar-refractivity contribution >= 4 is 11.6 Å². The number of ketones is 1. The van der Waals surface area contributed by atoms with Crippen LogP contribution in [0.3, 0.4) is 0 Å². The zero-order chi connectivity index (χ0) is 18.5. The lowest BCUT2D eigenvalue weighted by atomic mass is 10.1. The third-order valence-electron chi connectivity index (χ3n) is 4.69. The highest BCUT2D eigenvalue weighted by molar-refractivity contribution is 6.07. The molecule has 3 rings (SSSR count). The smallest absolute Gasteiger partial charge is 0.237 e. The van der Waals surface area contributed by atoms with Crippen molar-refractivity contribution in [2.24, 2.45) is 0 Å². The second-order valence-electron chi connectivity index (χ2n) is 6.49. The third-order valence-corrected chi connectivity index (χ3v) is 4.69. The molecule has 1 aromatic carbocycles. The molecule has 0 aliphatic heterocycles. The number of methoxy groups -OCH3 is 1. The van der Waals surface area contributed by atoms with E-state index >= 15 is 0 Å². The van der Waals surface area contributed by atoms with Gasteiger partial charge in [-0.15, -0.1) is 0 Å². The molecule has 3 aromatic rings. The maximum Gasteiger partial charge on any atom is 0.237 e. The Morgan fingerprint density at radius 2 is 1.88 bits per heavy atom. The van der Waals surface area contributed by atoms with Crippen LogP contribution in [-0.4, -0.2) is 27.3 Å². The summed E-state index contributed by atoms with van der Waals surface area (Å²) in [6, 6.07) is 9.19. The monoisotopic (exact) mass is 351 g/mol. The summed E-state index contributed by atoms with van der Waals surface area (Å²) in [5.41, 5.74) is 3.15. The first-order valence-electron chi connectivity index (χ1n) is 9.18. The number of nitrogens with zero attached hydrogens (tertiary/aromatic N) is 3. The minimum atomic E-state index is -0.0982. The molecule has 136 valence electrons. The number of carbonyl (C=O) groups excluding carboxylic acids is 1. The van der Waals surface area contributed by atoms with E-state index in [1.54, 1.807) is 25.4 Å². The maximum atomic E-state index is 12.7. The lowest BCUT2D eigenvalue weighted by Crippen LogP contribution is -2.04. The SMILES string of the molecule is CCCCCCc1c(OC)nc2nc(C(=O)c3ccccc3)cn2c1C. The van der Waals surface area contributed by atoms with E-state index < -0.39 is 0 Å². The summed E-state index contributed by atoms with van der Waals surface area (Å²) in [5, 5.41) is 0. The van der Waals surface area contributed by atoms with Crippen molar-refractivity contribution in [2.45, 2.75) is 46.0 Å². The highest BCUT2D eigenvalue weighted by Gasteiger charge is 2.18. The maximum absolute atomic E-state index is 12.7. The van der Waals surface area contributed by atoms with E-state index in [0.717, 1.165) is 24.1 Å². The molecule has 0 unspecified atom stereocenters. The lowest BCUT2D eigenvalue weighted by molar-refractivity contribution is 0.103. The Hall–Kier alpha value is -2.69. The van der Waals surface area contributed by atoms with E-state index in [1.807, 2.05) is 29.5 Å². The van der Waals surface area contributed by atoms with Crippen LogP contribution in [0, 0.1) is 6.92 Å². The van der Waals surface area contributed by atoms with Crippen LogP contribution in [-0.2, 0) is 6.42 Å². The first-order valence-corrected chi connectivity index (χ1v) is 9.18. The summed E-state index contributed by atoms with van der Waals surface area (Å²) < 4.78 is 7.39. The summed E-state index contributed by atoms with van der Waals surface area (Å²) in [4.78, 5) is 21.6. The summed E-state index contributed by atoms with van der Waals surface area (Å²) in [7, 11) is 1.63. The van der Waals surface area contributed by atoms with Gasteiger partial charge in [0.15, 0.2) is 0 Å². The van der Waals surface area contributed by atoms with Gasteiger partial charge < -0.3 is 4.74 Å². The Morgan fingerprint density at radius 1 is 1.12 bits per heavy atom. The molecule has 0 radical (unpaired) electrons. The molecule has 5 nitrogen and oxygen atoms in total. The first-order chi connectivity index (χ1) is 12.7. The van der Waals surface area contributed by atoms with Crippen molar-refractivity contribution in [2.75, 3.05) is 7.11 Å². The van der Waals surface area contributed by atoms with Crippen LogP contribution in [0.25, 0.3) is 5.78 Å². The number of benzene rings is 1. The van der Waals surface area contributed by atoms with Gasteiger partial charge in [-0.25, -0.2) is 4.98 Å². The Kier molecular flexibility index (Phi) is 5.66. The van der Waals surface area contributed by atoms with Crippen LogP contribution >= 0.6 is 0 Å². The van der Waals surface area contributed by atoms with Crippen molar-refractivity contribution in [3.05, 3.63) is 59.0 Å². The van der Waals surface area contributed by atoms with E-state index in [-0.39, 0.29) is 5.78 Å². The molecule has 2 aromatic heterocycles. The molecule has 0 amide bonds. The Labute approximate surface area is 154 Å². The number of carbonyl (C=O) groups is 1. The number of aryl methyl sites for hydroxylation is 1. The molecule has 0 aliphatic carbocycles. The van der Waals surface area contributed by atoms with Crippen LogP contribution in [0.1, 0.15) is 59.9 Å². The Bertz CT molecular complexity index is 901. The molecule has 0 bridgehead atoms. The van der Waals surface area contributed by atoms with Crippen molar-refractivity contribution in [1.29, 1.82) is 0 Å². The van der Waals surface area contributed by atoms with Crippen LogP contribution in [0.15, 0.2) is 36.5 Å². The summed E-state index contributed by atoms with van der Waals surface area (Å²) in [5.74, 6) is 1.01. The van der Waals surface area contributed by atoms with Gasteiger partial charge in [-0.2, -0.15) is 4.98 Å². The van der Waals surface area contributed by atoms with Crippen LogP contribution in [0.2, 0.25) is 0 Å². The number of hydrogen-bond donors (Lipinski definition) is 0. The molecule has 0 aliphatic rings. The first kappa shape index (κ1) is 18.1. The number of rotatable bonds is 8. The van der Waals surface area contributed by atoms with E-state index in [9.17, 15) is 4.79 Å². The molecular weight excluding hydrogens is 326 g/mol. The Morgan fingerprint density at radius 3 is 2.58 bits per heavy atom. The molecule has 5 heteroatoms. The fraction of sp³-hybridized carbons (Fsp3) is 0.381. The van der Waals surface area contributed by atoms with Gasteiger partial charge in [-0.1, -0.05) is 56.5 Å². The molecule has 0 N–H and O–H groups in total. The van der Waals surface area contributed by atoms with E-state index in [4.69, 9.17) is 4.74 Å². The molecule has 26 heavy (non-hydrogen) atoms. The van der Waals surface area contributed by atoms with Crippen molar-refractivity contribution < 1.29 is 9.53 Å². The second-order valence-corrected chi connectivity index (χ2v) is 6.49. The van der Waals surface area contributed by atoms with Gasteiger partial charge in [0.2, 0.25) is 17.4 Å². The van der Waals surface area contributed by atoms with Gasteiger partial charge in [0.05, 0.1) is 7.11 Å². The fourth-order valence-corrected chi connectivity index (χ4v) is 3.19. The van der Waals surface area contributed by atoms with Crippen molar-refractivity contribution in [3.8, 4) is 5.88 Å². The topological polar surface area (TPSA) is 56.5 Å². The summed E-state index contributed by atoms with van der Waals surface area (Å²) >= 11 is 0. The van der Waals surface area contributed by atoms with Gasteiger partial charge in [-0.05, 0) is 19.8 Å². The highest BCUT2D eigenvalue weighted by Crippen LogP contribution is 2.24. The van der Waals surface area contributed by atoms with Gasteiger partial charge in [0.25, 0.3) is 0 Å². The molecule has 0 fully saturated rings. The predicted octanol–water partition coefficient (Wildman–Crippen LogP) is 4.40. The van der Waals surface area contributed by atoms with E-state index in [1.165, 1.54) is 19.3 Å². The number of unbranched alkanes of at least 4 members (excludes halogenated alkanes) is 3. The molecule has 0 saturated carbocycles. The van der Waals surface area contributed by atoms with E-state index in [2.05, 4.69) is 16.9 Å². The molecule has 0 spiro atoms. The van der Waals surface area contributed by atoms with Gasteiger partial charge in [-0.3, -0.25) is 9.20 Å². The standard InChI is InChI=1S/C21H25N3O2/c1-4-5-6-10-13-17-15(2)24-14-18(22-21(24)23-20(17)26-3)19(25)16-11-8-7-9-12-16/h7-9,11-12,14H,4-6,10,13H2,1-3H3. The van der Waals surface area contributed by atoms with Gasteiger partial charge >= 0.3 is 0 Å². The van der Waals surface area contributed by atoms with Gasteiger partial charge in [0, 0.05) is 23.0 Å². The Balaban J connectivity index is 1.96. The summed E-state index contributed by atoms with van der Waals surface area (Å²) in [6.07, 6.45) is 7.43. The normalized spacial score (nSPS) is 11.0. The zero-order valence-corrected chi connectivity index (χ0v) is 15.7. The second kappa shape index (κ2) is 8.13. The molecule has 0 atom stereocenters.